The van der Waals surface area contributed by atoms with Gasteiger partial charge >= 0.3 is 0 Å². The number of nitrogens with one attached hydrogen (secondary N) is 2. The molecule has 21 heavy (non-hydrogen) atoms. The van der Waals surface area contributed by atoms with Crippen molar-refractivity contribution in [3.8, 4) is 0 Å². The van der Waals surface area contributed by atoms with E-state index in [4.69, 9.17) is 4.74 Å². The van der Waals surface area contributed by atoms with Gasteiger partial charge in [-0.25, -0.2) is 0 Å². The number of hydrogen-bond acceptors (Lipinski definition) is 4. The zero-order valence-corrected chi connectivity index (χ0v) is 13.7. The molecule has 0 amide bonds. The van der Waals surface area contributed by atoms with Gasteiger partial charge in [0.25, 0.3) is 0 Å². The van der Waals surface area contributed by atoms with E-state index in [1.54, 1.807) is 7.11 Å². The molecule has 1 aliphatic rings. The van der Waals surface area contributed by atoms with Crippen molar-refractivity contribution >= 4 is 0 Å². The zero-order chi connectivity index (χ0) is 15.1. The Morgan fingerprint density at radius 2 is 2.14 bits per heavy atom. The lowest BCUT2D eigenvalue weighted by Gasteiger charge is -2.28. The molecule has 0 spiro atoms. The third-order valence-electron chi connectivity index (χ3n) is 4.57. The van der Waals surface area contributed by atoms with Gasteiger partial charge in [-0.15, -0.1) is 0 Å². The first-order chi connectivity index (χ1) is 10.2. The van der Waals surface area contributed by atoms with E-state index < -0.39 is 0 Å². The average Bonchev–Trinajstić information content (AvgIpc) is 2.94. The summed E-state index contributed by atoms with van der Waals surface area (Å²) < 4.78 is 5.29. The minimum Gasteiger partial charge on any atom is -0.384 e. The summed E-state index contributed by atoms with van der Waals surface area (Å²) >= 11 is 0. The lowest BCUT2D eigenvalue weighted by atomic mass is 9.80. The van der Waals surface area contributed by atoms with E-state index >= 15 is 0 Å². The number of ether oxygens (including phenoxy) is 1. The van der Waals surface area contributed by atoms with Crippen molar-refractivity contribution < 1.29 is 4.74 Å². The van der Waals surface area contributed by atoms with E-state index in [2.05, 4.69) is 33.7 Å². The second-order valence-corrected chi connectivity index (χ2v) is 6.31. The normalized spacial score (nSPS) is 22.9. The van der Waals surface area contributed by atoms with Crippen LogP contribution < -0.4 is 5.32 Å². The van der Waals surface area contributed by atoms with Crippen molar-refractivity contribution in [2.24, 2.45) is 5.92 Å². The molecule has 0 aromatic carbocycles. The van der Waals surface area contributed by atoms with Gasteiger partial charge in [0.1, 0.15) is 0 Å². The van der Waals surface area contributed by atoms with Crippen LogP contribution >= 0.6 is 0 Å². The Hall–Kier alpha value is -0.910. The first-order valence-electron chi connectivity index (χ1n) is 8.09. The zero-order valence-electron chi connectivity index (χ0n) is 13.7. The van der Waals surface area contributed by atoms with Crippen LogP contribution in [0.25, 0.3) is 0 Å². The van der Waals surface area contributed by atoms with Crippen LogP contribution in [0.1, 0.15) is 42.9 Å². The number of likely N-dealkylation sites (N-methyl/N-ethyl adjacent to an activating group) is 2. The Kier molecular flexibility index (Phi) is 6.67. The molecule has 0 radical (unpaired) electrons. The van der Waals surface area contributed by atoms with Crippen LogP contribution in [0, 0.1) is 5.92 Å². The summed E-state index contributed by atoms with van der Waals surface area (Å²) in [5.74, 6) is 1.36. The van der Waals surface area contributed by atoms with Crippen molar-refractivity contribution in [3.05, 3.63) is 17.5 Å². The number of H-pyrrole nitrogens is 1. The summed E-state index contributed by atoms with van der Waals surface area (Å²) in [7, 11) is 5.97. The highest BCUT2D eigenvalue weighted by atomic mass is 16.5. The van der Waals surface area contributed by atoms with Gasteiger partial charge in [0, 0.05) is 51.0 Å². The molecule has 0 unspecified atom stereocenters. The van der Waals surface area contributed by atoms with Crippen LogP contribution in [-0.4, -0.2) is 56.0 Å². The standard InChI is InChI=1S/C16H30N4O/c1-17-8-9-20(2)11-15-10-18-19-16(15)14-6-4-13(5-7-14)12-21-3/h10,13-14,17H,4-9,11-12H2,1-3H3,(H,18,19). The van der Waals surface area contributed by atoms with Crippen molar-refractivity contribution in [2.75, 3.05) is 40.9 Å². The van der Waals surface area contributed by atoms with Gasteiger partial charge in [0.05, 0.1) is 5.69 Å². The van der Waals surface area contributed by atoms with Crippen LogP contribution in [0.3, 0.4) is 0 Å². The summed E-state index contributed by atoms with van der Waals surface area (Å²) in [6, 6.07) is 0. The Bertz CT molecular complexity index is 399. The summed E-state index contributed by atoms with van der Waals surface area (Å²) in [5.41, 5.74) is 2.66. The van der Waals surface area contributed by atoms with E-state index in [0.717, 1.165) is 32.2 Å². The lowest BCUT2D eigenvalue weighted by molar-refractivity contribution is 0.126. The Morgan fingerprint density at radius 3 is 2.81 bits per heavy atom. The molecule has 1 fully saturated rings. The van der Waals surface area contributed by atoms with Crippen molar-refractivity contribution in [1.29, 1.82) is 0 Å². The summed E-state index contributed by atoms with van der Waals surface area (Å²) in [6.07, 6.45) is 7.09. The fraction of sp³-hybridized carbons (Fsp3) is 0.812. The highest BCUT2D eigenvalue weighted by Gasteiger charge is 2.25. The maximum atomic E-state index is 5.29. The third kappa shape index (κ3) is 4.80. The molecule has 0 bridgehead atoms. The van der Waals surface area contributed by atoms with Gasteiger partial charge in [0.2, 0.25) is 0 Å². The molecule has 120 valence electrons. The number of methoxy groups -OCH3 is 1. The van der Waals surface area contributed by atoms with Gasteiger partial charge in [-0.1, -0.05) is 0 Å². The molecule has 0 atom stereocenters. The van der Waals surface area contributed by atoms with Crippen LogP contribution in [0.4, 0.5) is 0 Å². The summed E-state index contributed by atoms with van der Waals surface area (Å²) in [6.45, 7) is 3.96. The fourth-order valence-electron chi connectivity index (χ4n) is 3.32. The molecule has 1 heterocycles. The second-order valence-electron chi connectivity index (χ2n) is 6.31. The van der Waals surface area contributed by atoms with Gasteiger partial charge < -0.3 is 15.0 Å². The molecular formula is C16H30N4O. The van der Waals surface area contributed by atoms with E-state index in [9.17, 15) is 0 Å². The van der Waals surface area contributed by atoms with E-state index in [0.29, 0.717) is 5.92 Å². The minimum absolute atomic E-state index is 0.622. The first kappa shape index (κ1) is 16.5. The molecule has 0 aliphatic heterocycles. The lowest BCUT2D eigenvalue weighted by Crippen LogP contribution is -2.27. The van der Waals surface area contributed by atoms with Gasteiger partial charge in [-0.3, -0.25) is 5.10 Å². The monoisotopic (exact) mass is 294 g/mol. The molecule has 1 aromatic rings. The molecule has 2 N–H and O–H groups in total. The predicted molar refractivity (Wildman–Crippen MR) is 85.4 cm³/mol. The number of rotatable bonds is 8. The molecular weight excluding hydrogens is 264 g/mol. The molecule has 1 aromatic heterocycles. The van der Waals surface area contributed by atoms with Gasteiger partial charge in [-0.2, -0.15) is 5.10 Å². The van der Waals surface area contributed by atoms with Crippen molar-refractivity contribution in [1.82, 2.24) is 20.4 Å². The SMILES string of the molecule is CNCCN(C)Cc1c[nH]nc1C1CCC(COC)CC1. The highest BCUT2D eigenvalue weighted by molar-refractivity contribution is 5.21. The van der Waals surface area contributed by atoms with Gasteiger partial charge in [0.15, 0.2) is 0 Å². The quantitative estimate of drug-likeness (QED) is 0.770. The Morgan fingerprint density at radius 1 is 1.38 bits per heavy atom. The highest BCUT2D eigenvalue weighted by Crippen LogP contribution is 2.36. The fourth-order valence-corrected chi connectivity index (χ4v) is 3.32. The third-order valence-corrected chi connectivity index (χ3v) is 4.57. The number of aromatic nitrogens is 2. The number of nitrogens with zero attached hydrogens (tertiary/aromatic N) is 2. The molecule has 0 saturated heterocycles. The molecule has 5 heteroatoms. The molecule has 1 aliphatic carbocycles. The summed E-state index contributed by atoms with van der Waals surface area (Å²) in [4.78, 5) is 2.35. The molecule has 5 nitrogen and oxygen atoms in total. The van der Waals surface area contributed by atoms with E-state index in [-0.39, 0.29) is 0 Å². The topological polar surface area (TPSA) is 53.2 Å². The summed E-state index contributed by atoms with van der Waals surface area (Å²) in [5, 5.41) is 10.8. The van der Waals surface area contributed by atoms with Crippen molar-refractivity contribution in [3.63, 3.8) is 0 Å². The smallest absolute Gasteiger partial charge is 0.0697 e. The maximum Gasteiger partial charge on any atom is 0.0697 e. The number of aromatic amines is 1. The largest absolute Gasteiger partial charge is 0.384 e. The predicted octanol–water partition coefficient (Wildman–Crippen LogP) is 1.98. The number of hydrogen-bond donors (Lipinski definition) is 2. The van der Waals surface area contributed by atoms with Crippen LogP contribution in [0.2, 0.25) is 0 Å². The molecule has 1 saturated carbocycles. The first-order valence-corrected chi connectivity index (χ1v) is 8.09. The van der Waals surface area contributed by atoms with Gasteiger partial charge in [-0.05, 0) is 45.7 Å². The second kappa shape index (κ2) is 8.51. The van der Waals surface area contributed by atoms with Crippen molar-refractivity contribution in [2.45, 2.75) is 38.1 Å². The maximum absolute atomic E-state index is 5.29. The van der Waals surface area contributed by atoms with Crippen LogP contribution in [-0.2, 0) is 11.3 Å². The Balaban J connectivity index is 1.88. The average molecular weight is 294 g/mol. The van der Waals surface area contributed by atoms with E-state index in [1.807, 2.05) is 7.05 Å². The van der Waals surface area contributed by atoms with E-state index in [1.165, 1.54) is 36.9 Å². The van der Waals surface area contributed by atoms with Crippen LogP contribution in [0.15, 0.2) is 6.20 Å². The van der Waals surface area contributed by atoms with Crippen LogP contribution in [0.5, 0.6) is 0 Å². The Labute approximate surface area is 128 Å². The minimum atomic E-state index is 0.622. The molecule has 2 rings (SSSR count).